The second-order valence-corrected chi connectivity index (χ2v) is 19.5. The molecule has 0 bridgehead atoms. The van der Waals surface area contributed by atoms with Crippen LogP contribution in [0.5, 0.6) is 0 Å². The minimum absolute atomic E-state index is 0.00238. The molecule has 1 unspecified atom stereocenters. The van der Waals surface area contributed by atoms with E-state index in [1.54, 1.807) is 17.0 Å². The average Bonchev–Trinajstić information content (AvgIpc) is 3.81. The first kappa shape index (κ1) is 44.5. The smallest absolute Gasteiger partial charge is 0.315 e. The highest BCUT2D eigenvalue weighted by molar-refractivity contribution is 7.89. The van der Waals surface area contributed by atoms with Gasteiger partial charge >= 0.3 is 6.03 Å². The molecule has 0 radical (unpaired) electrons. The fraction of sp³-hybridized carbons (Fsp3) is 0.581. The molecule has 15 heteroatoms. The number of pyridine rings is 1. The molecule has 1 saturated carbocycles. The van der Waals surface area contributed by atoms with Crippen LogP contribution >= 0.6 is 0 Å². The van der Waals surface area contributed by atoms with Crippen LogP contribution in [0, 0.1) is 29.1 Å². The van der Waals surface area contributed by atoms with E-state index in [1.165, 1.54) is 25.4 Å². The zero-order valence-corrected chi connectivity index (χ0v) is 35.5. The maximum atomic E-state index is 15.0. The molecule has 5 amide bonds. The standard InChI is InChI=1S/C43H61N7O7S/c1-8-20-45-40(53)38(51)33(23-28-14-13-15-28)46-39(52)37-32(27(2)3)19-22-50(37)41(54)36(31-24-29-16-9-10-17-30(29)25-31)48-42(55)47-34(43(4,5)6)26-49(7)58(56,57)35-18-11-12-21-44-35/h8-12,16-18,21,27-28,31-34,36-37H,1,13-15,19-20,22-26H2,2-7H3,(H,45,53)(H,46,52)(H2,47,48,55)/t32-,33?,34-,36+,37+/m1/s1. The summed E-state index contributed by atoms with van der Waals surface area (Å²) in [5.41, 5.74) is 1.54. The van der Waals surface area contributed by atoms with E-state index in [-0.39, 0.29) is 48.3 Å². The molecule has 1 aromatic heterocycles. The fourth-order valence-corrected chi connectivity index (χ4v) is 9.45. The van der Waals surface area contributed by atoms with Gasteiger partial charge in [-0.1, -0.05) is 90.3 Å². The summed E-state index contributed by atoms with van der Waals surface area (Å²) in [6.45, 7) is 13.6. The maximum absolute atomic E-state index is 15.0. The number of nitrogens with zero attached hydrogens (tertiary/aromatic N) is 3. The van der Waals surface area contributed by atoms with E-state index < -0.39 is 69.1 Å². The molecule has 58 heavy (non-hydrogen) atoms. The van der Waals surface area contributed by atoms with Crippen molar-refractivity contribution in [1.29, 1.82) is 0 Å². The van der Waals surface area contributed by atoms with E-state index in [0.717, 1.165) is 34.7 Å². The Morgan fingerprint density at radius 2 is 1.62 bits per heavy atom. The van der Waals surface area contributed by atoms with Gasteiger partial charge < -0.3 is 26.2 Å². The molecule has 14 nitrogen and oxygen atoms in total. The Bertz CT molecular complexity index is 1900. The van der Waals surface area contributed by atoms with Gasteiger partial charge in [0.1, 0.15) is 12.1 Å². The molecule has 2 aromatic rings. The molecule has 0 spiro atoms. The lowest BCUT2D eigenvalue weighted by Crippen LogP contribution is -2.61. The minimum atomic E-state index is -3.97. The van der Waals surface area contributed by atoms with Crippen molar-refractivity contribution < 1.29 is 32.4 Å². The van der Waals surface area contributed by atoms with Crippen molar-refractivity contribution in [3.8, 4) is 0 Å². The van der Waals surface area contributed by atoms with E-state index in [4.69, 9.17) is 0 Å². The molecule has 2 fully saturated rings. The van der Waals surface area contributed by atoms with Crippen LogP contribution < -0.4 is 21.3 Å². The Morgan fingerprint density at radius 3 is 2.17 bits per heavy atom. The number of hydrogen-bond donors (Lipinski definition) is 4. The second-order valence-electron chi connectivity index (χ2n) is 17.5. The lowest BCUT2D eigenvalue weighted by molar-refractivity contribution is -0.144. The molecule has 3 aliphatic rings. The number of ketones is 1. The van der Waals surface area contributed by atoms with Gasteiger partial charge in [-0.2, -0.15) is 4.31 Å². The first-order valence-corrected chi connectivity index (χ1v) is 21.9. The number of Topliss-reactive ketones (excluding diaryl/α,β-unsaturated/α-hetero) is 1. The van der Waals surface area contributed by atoms with Crippen molar-refractivity contribution in [2.75, 3.05) is 26.7 Å². The topological polar surface area (TPSA) is 187 Å². The molecule has 1 saturated heterocycles. The minimum Gasteiger partial charge on any atom is -0.346 e. The predicted molar refractivity (Wildman–Crippen MR) is 221 cm³/mol. The summed E-state index contributed by atoms with van der Waals surface area (Å²) in [5, 5.41) is 11.3. The van der Waals surface area contributed by atoms with E-state index in [0.29, 0.717) is 25.7 Å². The van der Waals surface area contributed by atoms with Crippen molar-refractivity contribution in [2.45, 2.75) is 109 Å². The van der Waals surface area contributed by atoms with Crippen molar-refractivity contribution in [3.63, 3.8) is 0 Å². The van der Waals surface area contributed by atoms with Gasteiger partial charge in [-0.25, -0.2) is 18.2 Å². The normalized spacial score (nSPS) is 20.1. The van der Waals surface area contributed by atoms with Gasteiger partial charge in [0, 0.05) is 38.9 Å². The average molecular weight is 820 g/mol. The number of carbonyl (C=O) groups excluding carboxylic acids is 5. The Labute approximate surface area is 343 Å². The van der Waals surface area contributed by atoms with Crippen molar-refractivity contribution >= 4 is 39.6 Å². The zero-order chi connectivity index (χ0) is 42.4. The number of nitrogens with one attached hydrogen (secondary N) is 4. The number of amides is 5. The summed E-state index contributed by atoms with van der Waals surface area (Å²) in [7, 11) is -2.54. The molecular formula is C43H61N7O7S. The van der Waals surface area contributed by atoms with Crippen LogP contribution in [0.4, 0.5) is 4.79 Å². The third-order valence-electron chi connectivity index (χ3n) is 12.1. The number of rotatable bonds is 17. The summed E-state index contributed by atoms with van der Waals surface area (Å²) in [6, 6.07) is 8.17. The lowest BCUT2D eigenvalue weighted by Gasteiger charge is -2.37. The van der Waals surface area contributed by atoms with Gasteiger partial charge in [-0.3, -0.25) is 19.2 Å². The van der Waals surface area contributed by atoms with Crippen LogP contribution in [0.1, 0.15) is 77.8 Å². The SMILES string of the molecule is C=CCNC(=O)C(=O)C(CC1CCC1)NC(=O)[C@@H]1[C@@H](C(C)C)CCN1C(=O)[C@@H](NC(=O)N[C@H](CN(C)S(=O)(=O)c1ccccn1)C(C)(C)C)C1Cc2ccccc2C1. The monoisotopic (exact) mass is 819 g/mol. The van der Waals surface area contributed by atoms with Crippen LogP contribution in [0.3, 0.4) is 0 Å². The van der Waals surface area contributed by atoms with Crippen LogP contribution in [-0.4, -0.2) is 103 Å². The van der Waals surface area contributed by atoms with Crippen molar-refractivity contribution in [2.24, 2.45) is 29.1 Å². The van der Waals surface area contributed by atoms with E-state index in [2.05, 4.69) is 32.8 Å². The second kappa shape index (κ2) is 19.0. The summed E-state index contributed by atoms with van der Waals surface area (Å²) in [6.07, 6.45) is 7.63. The summed E-state index contributed by atoms with van der Waals surface area (Å²) < 4.78 is 28.0. The predicted octanol–water partition coefficient (Wildman–Crippen LogP) is 3.62. The Morgan fingerprint density at radius 1 is 0.966 bits per heavy atom. The number of urea groups is 1. The number of benzene rings is 1. The highest BCUT2D eigenvalue weighted by atomic mass is 32.2. The van der Waals surface area contributed by atoms with Gasteiger partial charge in [0.05, 0.1) is 6.04 Å². The number of carbonyl (C=O) groups is 5. The molecule has 316 valence electrons. The number of likely N-dealkylation sites (N-methyl/N-ethyl adjacent to an activating group) is 1. The number of likely N-dealkylation sites (tertiary alicyclic amines) is 1. The van der Waals surface area contributed by atoms with Crippen molar-refractivity contribution in [3.05, 3.63) is 72.4 Å². The third kappa shape index (κ3) is 10.5. The van der Waals surface area contributed by atoms with Crippen LogP contribution in [-0.2, 0) is 42.0 Å². The first-order valence-electron chi connectivity index (χ1n) is 20.5. The molecule has 2 heterocycles. The molecule has 5 rings (SSSR count). The molecule has 4 N–H and O–H groups in total. The largest absolute Gasteiger partial charge is 0.346 e. The molecule has 1 aliphatic heterocycles. The number of aromatic nitrogens is 1. The van der Waals surface area contributed by atoms with Gasteiger partial charge in [-0.05, 0) is 78.0 Å². The third-order valence-corrected chi connectivity index (χ3v) is 13.9. The van der Waals surface area contributed by atoms with Crippen LogP contribution in [0.2, 0.25) is 0 Å². The lowest BCUT2D eigenvalue weighted by atomic mass is 9.80. The van der Waals surface area contributed by atoms with E-state index in [1.807, 2.05) is 58.9 Å². The van der Waals surface area contributed by atoms with Gasteiger partial charge in [0.25, 0.3) is 15.9 Å². The number of sulfonamides is 1. The summed E-state index contributed by atoms with van der Waals surface area (Å²) in [5.74, 6) is -2.81. The zero-order valence-electron chi connectivity index (χ0n) is 34.7. The highest BCUT2D eigenvalue weighted by Gasteiger charge is 2.48. The number of hydrogen-bond acceptors (Lipinski definition) is 8. The molecule has 1 aromatic carbocycles. The number of fused-ring (bicyclic) bond motifs is 1. The van der Waals surface area contributed by atoms with Gasteiger partial charge in [0.2, 0.25) is 17.6 Å². The Kier molecular flexibility index (Phi) is 14.5. The first-order chi connectivity index (χ1) is 27.4. The maximum Gasteiger partial charge on any atom is 0.315 e. The van der Waals surface area contributed by atoms with Crippen LogP contribution in [0.15, 0.2) is 66.3 Å². The fourth-order valence-electron chi connectivity index (χ4n) is 8.34. The summed E-state index contributed by atoms with van der Waals surface area (Å²) in [4.78, 5) is 75.4. The van der Waals surface area contributed by atoms with Crippen molar-refractivity contribution in [1.82, 2.24) is 35.5 Å². The highest BCUT2D eigenvalue weighted by Crippen LogP contribution is 2.36. The Hall–Kier alpha value is -4.63. The van der Waals surface area contributed by atoms with E-state index >= 15 is 0 Å². The van der Waals surface area contributed by atoms with Gasteiger partial charge in [0.15, 0.2) is 5.03 Å². The molecule has 2 aliphatic carbocycles. The Balaban J connectivity index is 1.40. The molecule has 5 atom stereocenters. The van der Waals surface area contributed by atoms with E-state index in [9.17, 15) is 32.4 Å². The quantitative estimate of drug-likeness (QED) is 0.138. The molecular weight excluding hydrogens is 759 g/mol. The van der Waals surface area contributed by atoms with Crippen LogP contribution in [0.25, 0.3) is 0 Å². The van der Waals surface area contributed by atoms with Gasteiger partial charge in [-0.15, -0.1) is 6.58 Å². The summed E-state index contributed by atoms with van der Waals surface area (Å²) >= 11 is 0.